The third-order valence-corrected chi connectivity index (χ3v) is 4.37. The van der Waals surface area contributed by atoms with Gasteiger partial charge < -0.3 is 5.11 Å². The molecule has 2 rings (SSSR count). The first-order chi connectivity index (χ1) is 9.42. The van der Waals surface area contributed by atoms with Gasteiger partial charge >= 0.3 is 0 Å². The monoisotopic (exact) mass is 295 g/mol. The van der Waals surface area contributed by atoms with Crippen LogP contribution in [0, 0.1) is 13.8 Å². The molecule has 0 saturated heterocycles. The van der Waals surface area contributed by atoms with E-state index in [9.17, 15) is 8.42 Å². The van der Waals surface area contributed by atoms with E-state index in [2.05, 4.69) is 9.82 Å². The molecule has 2 N–H and O–H groups in total. The number of aromatic nitrogens is 2. The van der Waals surface area contributed by atoms with E-state index in [0.717, 1.165) is 5.56 Å². The molecule has 1 aromatic carbocycles. The summed E-state index contributed by atoms with van der Waals surface area (Å²) in [5.74, 6) is 0. The predicted octanol–water partition coefficient (Wildman–Crippen LogP) is 1.29. The fourth-order valence-corrected chi connectivity index (χ4v) is 3.21. The summed E-state index contributed by atoms with van der Waals surface area (Å²) in [5.41, 5.74) is 1.94. The van der Waals surface area contributed by atoms with Crippen molar-refractivity contribution in [3.63, 3.8) is 0 Å². The molecule has 1 aromatic heterocycles. The number of aryl methyl sites for hydroxylation is 2. The standard InChI is InChI=1S/C13H17N3O3S/c1-10-3-4-11(2)13(7-10)20(18,19)15-12-8-14-16(9-12)5-6-17/h3-4,7-9,15,17H,5-6H2,1-2H3. The smallest absolute Gasteiger partial charge is 0.262 e. The highest BCUT2D eigenvalue weighted by atomic mass is 32.2. The molecule has 108 valence electrons. The number of nitrogens with zero attached hydrogens (tertiary/aromatic N) is 2. The maximum absolute atomic E-state index is 12.3. The molecule has 7 heteroatoms. The predicted molar refractivity (Wildman–Crippen MR) is 76.0 cm³/mol. The van der Waals surface area contributed by atoms with Crippen LogP contribution in [0.4, 0.5) is 5.69 Å². The van der Waals surface area contributed by atoms with Gasteiger partial charge in [0.15, 0.2) is 0 Å². The second-order valence-electron chi connectivity index (χ2n) is 4.59. The number of hydrogen-bond donors (Lipinski definition) is 2. The van der Waals surface area contributed by atoms with E-state index in [4.69, 9.17) is 5.11 Å². The van der Waals surface area contributed by atoms with Gasteiger partial charge in [-0.05, 0) is 31.0 Å². The Bertz CT molecular complexity index is 707. The van der Waals surface area contributed by atoms with Crippen molar-refractivity contribution < 1.29 is 13.5 Å². The topological polar surface area (TPSA) is 84.2 Å². The summed E-state index contributed by atoms with van der Waals surface area (Å²) in [6.07, 6.45) is 2.96. The number of hydrogen-bond acceptors (Lipinski definition) is 4. The average Bonchev–Trinajstić information content (AvgIpc) is 2.79. The summed E-state index contributed by atoms with van der Waals surface area (Å²) >= 11 is 0. The number of nitrogens with one attached hydrogen (secondary N) is 1. The fourth-order valence-electron chi connectivity index (χ4n) is 1.85. The number of sulfonamides is 1. The number of aliphatic hydroxyl groups is 1. The van der Waals surface area contributed by atoms with E-state index >= 15 is 0 Å². The molecule has 0 unspecified atom stereocenters. The molecular formula is C13H17N3O3S. The zero-order valence-electron chi connectivity index (χ0n) is 11.4. The molecule has 0 aliphatic heterocycles. The molecule has 0 fully saturated rings. The first kappa shape index (κ1) is 14.5. The first-order valence-corrected chi connectivity index (χ1v) is 7.64. The van der Waals surface area contributed by atoms with Gasteiger partial charge in [-0.2, -0.15) is 5.10 Å². The molecule has 6 nitrogen and oxygen atoms in total. The Morgan fingerprint density at radius 2 is 2.10 bits per heavy atom. The molecule has 0 saturated carbocycles. The quantitative estimate of drug-likeness (QED) is 0.870. The van der Waals surface area contributed by atoms with E-state index < -0.39 is 10.0 Å². The lowest BCUT2D eigenvalue weighted by Gasteiger charge is -2.09. The summed E-state index contributed by atoms with van der Waals surface area (Å²) < 4.78 is 28.7. The molecule has 20 heavy (non-hydrogen) atoms. The SMILES string of the molecule is Cc1ccc(C)c(S(=O)(=O)Nc2cnn(CCO)c2)c1. The van der Waals surface area contributed by atoms with Crippen LogP contribution in [-0.4, -0.2) is 29.9 Å². The van der Waals surface area contributed by atoms with Gasteiger partial charge in [-0.15, -0.1) is 0 Å². The van der Waals surface area contributed by atoms with Gasteiger partial charge in [-0.25, -0.2) is 8.42 Å². The first-order valence-electron chi connectivity index (χ1n) is 6.16. The molecule has 0 aliphatic rings. The van der Waals surface area contributed by atoms with Crippen molar-refractivity contribution in [2.24, 2.45) is 0 Å². The third kappa shape index (κ3) is 3.17. The van der Waals surface area contributed by atoms with E-state index in [0.29, 0.717) is 17.8 Å². The summed E-state index contributed by atoms with van der Waals surface area (Å²) in [5, 5.41) is 12.8. The van der Waals surface area contributed by atoms with Crippen LogP contribution in [0.15, 0.2) is 35.5 Å². The normalized spacial score (nSPS) is 11.6. The second kappa shape index (κ2) is 5.64. The molecule has 0 amide bonds. The van der Waals surface area contributed by atoms with Gasteiger partial charge in [0.1, 0.15) is 0 Å². The minimum atomic E-state index is -3.63. The van der Waals surface area contributed by atoms with Crippen molar-refractivity contribution in [3.8, 4) is 0 Å². The summed E-state index contributed by atoms with van der Waals surface area (Å²) in [4.78, 5) is 0.257. The Labute approximate surface area is 118 Å². The van der Waals surface area contributed by atoms with Crippen molar-refractivity contribution in [3.05, 3.63) is 41.7 Å². The zero-order valence-corrected chi connectivity index (χ0v) is 12.2. The van der Waals surface area contributed by atoms with Crippen molar-refractivity contribution in [1.29, 1.82) is 0 Å². The second-order valence-corrected chi connectivity index (χ2v) is 6.24. The third-order valence-electron chi connectivity index (χ3n) is 2.85. The van der Waals surface area contributed by atoms with Gasteiger partial charge in [0.05, 0.1) is 29.9 Å². The average molecular weight is 295 g/mol. The highest BCUT2D eigenvalue weighted by Gasteiger charge is 2.17. The maximum atomic E-state index is 12.3. The Morgan fingerprint density at radius 3 is 2.80 bits per heavy atom. The van der Waals surface area contributed by atoms with Gasteiger partial charge in [0.2, 0.25) is 0 Å². The van der Waals surface area contributed by atoms with Crippen LogP contribution >= 0.6 is 0 Å². The molecule has 0 radical (unpaired) electrons. The van der Waals surface area contributed by atoms with Crippen molar-refractivity contribution >= 4 is 15.7 Å². The van der Waals surface area contributed by atoms with Crippen LogP contribution in [0.5, 0.6) is 0 Å². The summed E-state index contributed by atoms with van der Waals surface area (Å²) in [6, 6.07) is 5.28. The largest absolute Gasteiger partial charge is 0.394 e. The fraction of sp³-hybridized carbons (Fsp3) is 0.308. The van der Waals surface area contributed by atoms with Crippen molar-refractivity contribution in [1.82, 2.24) is 9.78 Å². The number of benzene rings is 1. The lowest BCUT2D eigenvalue weighted by Crippen LogP contribution is -2.14. The molecule has 1 heterocycles. The van der Waals surface area contributed by atoms with E-state index in [1.54, 1.807) is 25.3 Å². The van der Waals surface area contributed by atoms with Crippen LogP contribution in [0.25, 0.3) is 0 Å². The minimum Gasteiger partial charge on any atom is -0.394 e. The number of aliphatic hydroxyl groups excluding tert-OH is 1. The van der Waals surface area contributed by atoms with Gasteiger partial charge in [0, 0.05) is 6.20 Å². The highest BCUT2D eigenvalue weighted by molar-refractivity contribution is 7.92. The van der Waals surface area contributed by atoms with Crippen LogP contribution in [0.1, 0.15) is 11.1 Å². The molecule has 2 aromatic rings. The van der Waals surface area contributed by atoms with E-state index in [1.807, 2.05) is 13.0 Å². The van der Waals surface area contributed by atoms with Crippen molar-refractivity contribution in [2.45, 2.75) is 25.3 Å². The highest BCUT2D eigenvalue weighted by Crippen LogP contribution is 2.20. The van der Waals surface area contributed by atoms with E-state index in [-0.39, 0.29) is 11.5 Å². The van der Waals surface area contributed by atoms with Gasteiger partial charge in [-0.1, -0.05) is 12.1 Å². The van der Waals surface area contributed by atoms with Crippen LogP contribution in [0.3, 0.4) is 0 Å². The van der Waals surface area contributed by atoms with Crippen LogP contribution < -0.4 is 4.72 Å². The van der Waals surface area contributed by atoms with Crippen LogP contribution in [-0.2, 0) is 16.6 Å². The van der Waals surface area contributed by atoms with Gasteiger partial charge in [-0.3, -0.25) is 9.40 Å². The Kier molecular flexibility index (Phi) is 4.10. The number of rotatable bonds is 5. The number of anilines is 1. The lowest BCUT2D eigenvalue weighted by molar-refractivity contribution is 0.269. The minimum absolute atomic E-state index is 0.0507. The maximum Gasteiger partial charge on any atom is 0.262 e. The van der Waals surface area contributed by atoms with Crippen molar-refractivity contribution in [2.75, 3.05) is 11.3 Å². The Hall–Kier alpha value is -1.86. The van der Waals surface area contributed by atoms with E-state index in [1.165, 1.54) is 10.9 Å². The molecular weight excluding hydrogens is 278 g/mol. The Morgan fingerprint density at radius 1 is 1.35 bits per heavy atom. The van der Waals surface area contributed by atoms with Gasteiger partial charge in [0.25, 0.3) is 10.0 Å². The summed E-state index contributed by atoms with van der Waals surface area (Å²) in [6.45, 7) is 3.87. The molecule has 0 aliphatic carbocycles. The Balaban J connectivity index is 2.28. The molecule has 0 atom stereocenters. The lowest BCUT2D eigenvalue weighted by atomic mass is 10.2. The molecule has 0 bridgehead atoms. The molecule has 0 spiro atoms. The zero-order chi connectivity index (χ0) is 14.8. The summed E-state index contributed by atoms with van der Waals surface area (Å²) in [7, 11) is -3.63. The van der Waals surface area contributed by atoms with Crippen LogP contribution in [0.2, 0.25) is 0 Å².